The third-order valence-electron chi connectivity index (χ3n) is 3.14. The van der Waals surface area contributed by atoms with Crippen LogP contribution in [-0.4, -0.2) is 9.78 Å². The molecule has 0 unspecified atom stereocenters. The van der Waals surface area contributed by atoms with Crippen LogP contribution in [0.2, 0.25) is 10.0 Å². The van der Waals surface area contributed by atoms with Crippen LogP contribution in [0, 0.1) is 30.4 Å². The molecule has 10 heteroatoms. The number of alkyl halides is 2. The van der Waals surface area contributed by atoms with Gasteiger partial charge in [0.15, 0.2) is 5.69 Å². The fraction of sp³-hybridized carbons (Fsp3) is 0.231. The first-order chi connectivity index (χ1) is 10.7. The maximum Gasteiger partial charge on any atom is 0.378 e. The summed E-state index contributed by atoms with van der Waals surface area (Å²) >= 11 is 11.5. The highest BCUT2D eigenvalue weighted by molar-refractivity contribution is 6.31. The van der Waals surface area contributed by atoms with E-state index in [0.29, 0.717) is 9.41 Å². The third kappa shape index (κ3) is 2.73. The van der Waals surface area contributed by atoms with Gasteiger partial charge in [-0.2, -0.15) is 5.26 Å². The second-order valence-corrected chi connectivity index (χ2v) is 5.37. The fourth-order valence-electron chi connectivity index (χ4n) is 1.96. The van der Waals surface area contributed by atoms with Crippen molar-refractivity contribution in [1.29, 1.82) is 5.26 Å². The average Bonchev–Trinajstić information content (AvgIpc) is 2.48. The van der Waals surface area contributed by atoms with Crippen LogP contribution in [0.5, 0.6) is 0 Å². The molecule has 0 spiro atoms. The Balaban J connectivity index is 2.93. The molecular weight excluding hydrogens is 353 g/mol. The molecule has 0 fully saturated rings. The van der Waals surface area contributed by atoms with Crippen molar-refractivity contribution >= 4 is 23.2 Å². The molecule has 0 amide bonds. The largest absolute Gasteiger partial charge is 0.710 e. The number of halogens is 4. The zero-order chi connectivity index (χ0) is 17.5. The Bertz CT molecular complexity index is 907. The molecule has 0 aromatic carbocycles. The molecule has 6 nitrogen and oxygen atoms in total. The minimum atomic E-state index is -3.15. The summed E-state index contributed by atoms with van der Waals surface area (Å²) in [6.07, 6.45) is -3.15. The van der Waals surface area contributed by atoms with Crippen molar-refractivity contribution < 1.29 is 13.5 Å². The highest BCUT2D eigenvalue weighted by Crippen LogP contribution is 2.27. The van der Waals surface area contributed by atoms with Crippen LogP contribution in [0.4, 0.5) is 8.78 Å². The first-order valence-electron chi connectivity index (χ1n) is 6.11. The quantitative estimate of drug-likeness (QED) is 0.608. The lowest BCUT2D eigenvalue weighted by atomic mass is 10.2. The number of hydrogen-bond donors (Lipinski definition) is 0. The van der Waals surface area contributed by atoms with Crippen LogP contribution in [0.3, 0.4) is 0 Å². The van der Waals surface area contributed by atoms with E-state index in [0.717, 1.165) is 0 Å². The van der Waals surface area contributed by atoms with E-state index in [1.54, 1.807) is 0 Å². The lowest BCUT2D eigenvalue weighted by Gasteiger charge is -2.14. The lowest BCUT2D eigenvalue weighted by molar-refractivity contribution is -0.607. The van der Waals surface area contributed by atoms with Crippen LogP contribution < -0.4 is 10.3 Å². The van der Waals surface area contributed by atoms with Crippen molar-refractivity contribution in [2.45, 2.75) is 20.3 Å². The highest BCUT2D eigenvalue weighted by Gasteiger charge is 2.29. The first-order valence-corrected chi connectivity index (χ1v) is 6.86. The molecule has 0 aliphatic heterocycles. The molecule has 2 rings (SSSR count). The molecule has 0 N–H and O–H groups in total. The van der Waals surface area contributed by atoms with Crippen molar-refractivity contribution in [1.82, 2.24) is 9.78 Å². The Morgan fingerprint density at radius 1 is 1.43 bits per heavy atom. The molecule has 0 saturated carbocycles. The minimum absolute atomic E-state index is 0.0773. The van der Waals surface area contributed by atoms with Crippen LogP contribution in [-0.2, 0) is 0 Å². The highest BCUT2D eigenvalue weighted by atomic mass is 35.5. The molecule has 2 heterocycles. The third-order valence-corrected chi connectivity index (χ3v) is 3.88. The lowest BCUT2D eigenvalue weighted by Crippen LogP contribution is -2.41. The zero-order valence-electron chi connectivity index (χ0n) is 11.8. The Hall–Kier alpha value is -2.24. The zero-order valence-corrected chi connectivity index (χ0v) is 13.3. The van der Waals surface area contributed by atoms with Gasteiger partial charge < -0.3 is 5.21 Å². The van der Waals surface area contributed by atoms with Gasteiger partial charge in [0.1, 0.15) is 16.8 Å². The van der Waals surface area contributed by atoms with Crippen molar-refractivity contribution in [2.75, 3.05) is 0 Å². The summed E-state index contributed by atoms with van der Waals surface area (Å²) in [5.41, 5.74) is -2.49. The summed E-state index contributed by atoms with van der Waals surface area (Å²) in [5, 5.41) is 24.1. The van der Waals surface area contributed by atoms with Crippen LogP contribution >= 0.6 is 23.2 Å². The van der Waals surface area contributed by atoms with Gasteiger partial charge in [-0.3, -0.25) is 0 Å². The van der Waals surface area contributed by atoms with Gasteiger partial charge in [0.05, 0.1) is 10.6 Å². The van der Waals surface area contributed by atoms with Crippen molar-refractivity contribution in [3.05, 3.63) is 54.2 Å². The van der Waals surface area contributed by atoms with Gasteiger partial charge >= 0.3 is 11.4 Å². The van der Waals surface area contributed by atoms with E-state index in [9.17, 15) is 18.8 Å². The maximum absolute atomic E-state index is 13.0. The van der Waals surface area contributed by atoms with Gasteiger partial charge in [0.2, 0.25) is 0 Å². The van der Waals surface area contributed by atoms with E-state index in [4.69, 9.17) is 28.5 Å². The number of aryl methyl sites for hydroxylation is 1. The van der Waals surface area contributed by atoms with E-state index in [1.165, 1.54) is 26.0 Å². The minimum Gasteiger partial charge on any atom is -0.710 e. The molecule has 0 bridgehead atoms. The topological polar surface area (TPSA) is 85.6 Å². The number of pyridine rings is 1. The van der Waals surface area contributed by atoms with E-state index in [1.807, 2.05) is 0 Å². The predicted molar refractivity (Wildman–Crippen MR) is 78.0 cm³/mol. The normalized spacial score (nSPS) is 10.9. The molecule has 0 atom stereocenters. The number of hydrogen-bond acceptors (Lipinski definition) is 4. The number of rotatable bonds is 2. The SMILES string of the molecule is Cc1cc(Cl)c(C)[n+]([O-])c1-n1nc(C#N)c(C(F)F)c(Cl)c1=O. The molecule has 0 radical (unpaired) electrons. The molecule has 0 aliphatic carbocycles. The van der Waals surface area contributed by atoms with Gasteiger partial charge in [0, 0.05) is 5.56 Å². The molecule has 23 heavy (non-hydrogen) atoms. The average molecular weight is 361 g/mol. The molecule has 120 valence electrons. The van der Waals surface area contributed by atoms with Gasteiger partial charge in [-0.15, -0.1) is 0 Å². The van der Waals surface area contributed by atoms with Gasteiger partial charge in [-0.25, -0.2) is 18.3 Å². The monoisotopic (exact) mass is 360 g/mol. The van der Waals surface area contributed by atoms with Crippen LogP contribution in [0.1, 0.15) is 28.9 Å². The molecule has 2 aromatic rings. The van der Waals surface area contributed by atoms with Crippen LogP contribution in [0.15, 0.2) is 10.9 Å². The van der Waals surface area contributed by atoms with Gasteiger partial charge in [-0.05, 0) is 19.9 Å². The van der Waals surface area contributed by atoms with Crippen molar-refractivity contribution in [3.63, 3.8) is 0 Å². The fourth-order valence-corrected chi connectivity index (χ4v) is 2.46. The van der Waals surface area contributed by atoms with E-state index < -0.39 is 28.3 Å². The molecule has 2 aromatic heterocycles. The smallest absolute Gasteiger partial charge is 0.378 e. The number of nitrogens with zero attached hydrogens (tertiary/aromatic N) is 4. The second kappa shape index (κ2) is 6.10. The second-order valence-electron chi connectivity index (χ2n) is 4.58. The van der Waals surface area contributed by atoms with Gasteiger partial charge in [0.25, 0.3) is 6.43 Å². The Kier molecular flexibility index (Phi) is 4.54. The Morgan fingerprint density at radius 2 is 2.04 bits per heavy atom. The van der Waals surface area contributed by atoms with Crippen molar-refractivity contribution in [3.8, 4) is 11.9 Å². The Morgan fingerprint density at radius 3 is 2.57 bits per heavy atom. The molecular formula is C13H8Cl2F2N4O2. The summed E-state index contributed by atoms with van der Waals surface area (Å²) in [7, 11) is 0. The molecule has 0 saturated heterocycles. The standard InChI is InChI=1S/C13H8Cl2F2N4O2/c1-5-3-7(14)6(2)21(23)12(5)20-13(22)10(15)9(11(16)17)8(4-18)19-20/h3,11H,1-2H3. The van der Waals surface area contributed by atoms with Gasteiger partial charge in [-0.1, -0.05) is 33.0 Å². The maximum atomic E-state index is 13.0. The van der Waals surface area contributed by atoms with E-state index >= 15 is 0 Å². The summed E-state index contributed by atoms with van der Waals surface area (Å²) in [5.74, 6) is -0.267. The molecule has 0 aliphatic rings. The number of aromatic nitrogens is 3. The summed E-state index contributed by atoms with van der Waals surface area (Å²) in [6, 6.07) is 2.86. The summed E-state index contributed by atoms with van der Waals surface area (Å²) in [4.78, 5) is 12.2. The summed E-state index contributed by atoms with van der Waals surface area (Å²) < 4.78 is 26.8. The van der Waals surface area contributed by atoms with Crippen LogP contribution in [0.25, 0.3) is 5.82 Å². The summed E-state index contributed by atoms with van der Waals surface area (Å²) in [6.45, 7) is 2.88. The van der Waals surface area contributed by atoms with E-state index in [-0.39, 0.29) is 22.1 Å². The number of nitriles is 1. The van der Waals surface area contributed by atoms with E-state index in [2.05, 4.69) is 5.10 Å². The van der Waals surface area contributed by atoms with Crippen molar-refractivity contribution in [2.24, 2.45) is 0 Å². The Labute approximate surface area is 138 Å². The first kappa shape index (κ1) is 17.1. The predicted octanol–water partition coefficient (Wildman–Crippen LogP) is 2.60.